The Labute approximate surface area is 241 Å². The first-order valence-electron chi connectivity index (χ1n) is 14.6. The lowest BCUT2D eigenvalue weighted by atomic mass is 9.68. The standard InChI is InChI=1S/C40H31N/c1-2-13-25-41(33-23-22-31-26-29-14-6-7-15-30(29)27-32(31)28-33)39-21-5-3-4-20-38(39)40(24-12-1)36-18-10-8-16-34(36)35-17-9-11-19-37(35)40/h1-3,5-23,26-28H,4,24-25H2/b12-1-,13-2-. The van der Waals surface area contributed by atoms with Gasteiger partial charge >= 0.3 is 0 Å². The smallest absolute Gasteiger partial charge is 0.0515 e. The van der Waals surface area contributed by atoms with Gasteiger partial charge in [-0.2, -0.15) is 0 Å². The summed E-state index contributed by atoms with van der Waals surface area (Å²) in [5.41, 5.74) is 9.11. The monoisotopic (exact) mass is 525 g/mol. The minimum atomic E-state index is -0.266. The van der Waals surface area contributed by atoms with Gasteiger partial charge in [0.15, 0.2) is 0 Å². The van der Waals surface area contributed by atoms with Crippen molar-refractivity contribution in [3.8, 4) is 11.1 Å². The van der Waals surface area contributed by atoms with Crippen LogP contribution < -0.4 is 4.90 Å². The predicted molar refractivity (Wildman–Crippen MR) is 174 cm³/mol. The second-order valence-corrected chi connectivity index (χ2v) is 11.2. The highest BCUT2D eigenvalue weighted by atomic mass is 15.1. The van der Waals surface area contributed by atoms with Crippen LogP contribution in [0.5, 0.6) is 0 Å². The quantitative estimate of drug-likeness (QED) is 0.197. The summed E-state index contributed by atoms with van der Waals surface area (Å²) in [5, 5.41) is 5.10. The predicted octanol–water partition coefficient (Wildman–Crippen LogP) is 10.1. The van der Waals surface area contributed by atoms with Crippen LogP contribution in [0.2, 0.25) is 0 Å². The van der Waals surface area contributed by atoms with Gasteiger partial charge in [0.1, 0.15) is 0 Å². The fourth-order valence-corrected chi connectivity index (χ4v) is 7.20. The number of allylic oxidation sites excluding steroid dienone is 8. The third kappa shape index (κ3) is 3.77. The molecule has 5 aromatic carbocycles. The Morgan fingerprint density at radius 2 is 1.22 bits per heavy atom. The topological polar surface area (TPSA) is 3.24 Å². The van der Waals surface area contributed by atoms with Crippen molar-refractivity contribution in [3.05, 3.63) is 174 Å². The van der Waals surface area contributed by atoms with Gasteiger partial charge < -0.3 is 4.90 Å². The molecule has 0 bridgehead atoms. The van der Waals surface area contributed by atoms with Crippen molar-refractivity contribution in [3.63, 3.8) is 0 Å². The molecule has 0 amide bonds. The van der Waals surface area contributed by atoms with Gasteiger partial charge in [-0.25, -0.2) is 0 Å². The second-order valence-electron chi connectivity index (χ2n) is 11.2. The van der Waals surface area contributed by atoms with Crippen LogP contribution in [0.15, 0.2) is 163 Å². The molecule has 0 saturated carbocycles. The average Bonchev–Trinajstić information content (AvgIpc) is 3.12. The summed E-state index contributed by atoms with van der Waals surface area (Å²) >= 11 is 0. The van der Waals surface area contributed by atoms with E-state index >= 15 is 0 Å². The molecule has 3 aliphatic rings. The van der Waals surface area contributed by atoms with Crippen molar-refractivity contribution in [2.45, 2.75) is 18.3 Å². The first kappa shape index (κ1) is 24.0. The van der Waals surface area contributed by atoms with Crippen molar-refractivity contribution < 1.29 is 0 Å². The Kier molecular flexibility index (Phi) is 5.63. The molecule has 0 saturated heterocycles. The first-order valence-corrected chi connectivity index (χ1v) is 14.6. The molecule has 196 valence electrons. The molecular formula is C40H31N. The van der Waals surface area contributed by atoms with Gasteiger partial charge in [0.05, 0.1) is 5.41 Å². The van der Waals surface area contributed by atoms with Crippen LogP contribution in [-0.4, -0.2) is 6.54 Å². The molecule has 2 aliphatic carbocycles. The van der Waals surface area contributed by atoms with Gasteiger partial charge in [-0.3, -0.25) is 0 Å². The number of hydrogen-bond donors (Lipinski definition) is 0. The molecule has 0 unspecified atom stereocenters. The highest BCUT2D eigenvalue weighted by molar-refractivity contribution is 5.99. The van der Waals surface area contributed by atoms with Crippen LogP contribution in [0.25, 0.3) is 32.7 Å². The zero-order chi connectivity index (χ0) is 27.2. The van der Waals surface area contributed by atoms with Crippen molar-refractivity contribution >= 4 is 27.2 Å². The maximum atomic E-state index is 2.51. The maximum Gasteiger partial charge on any atom is 0.0515 e. The molecule has 5 aromatic rings. The average molecular weight is 526 g/mol. The number of fused-ring (bicyclic) bond motifs is 9. The van der Waals surface area contributed by atoms with E-state index in [2.05, 4.69) is 157 Å². The van der Waals surface area contributed by atoms with Gasteiger partial charge in [-0.05, 0) is 92.6 Å². The number of nitrogens with zero attached hydrogens (tertiary/aromatic N) is 1. The lowest BCUT2D eigenvalue weighted by Crippen LogP contribution is -2.35. The van der Waals surface area contributed by atoms with E-state index in [1.807, 2.05) is 0 Å². The SMILES string of the molecule is C1=CCC=C2C(=C1)N(c1ccc3cc4ccccc4cc3c1)C/C=C\C=C/CC21c2ccccc2-c2ccccc21. The van der Waals surface area contributed by atoms with Crippen LogP contribution in [0, 0.1) is 0 Å². The third-order valence-electron chi connectivity index (χ3n) is 9.03. The first-order chi connectivity index (χ1) is 20.3. The summed E-state index contributed by atoms with van der Waals surface area (Å²) in [7, 11) is 0. The summed E-state index contributed by atoms with van der Waals surface area (Å²) < 4.78 is 0. The van der Waals surface area contributed by atoms with Gasteiger partial charge in [0, 0.05) is 17.9 Å². The fourth-order valence-electron chi connectivity index (χ4n) is 7.20. The van der Waals surface area contributed by atoms with Crippen molar-refractivity contribution in [1.82, 2.24) is 0 Å². The second kappa shape index (κ2) is 9.64. The molecule has 0 N–H and O–H groups in total. The Balaban J connectivity index is 1.36. The Morgan fingerprint density at radius 3 is 2.00 bits per heavy atom. The summed E-state index contributed by atoms with van der Waals surface area (Å²) in [4.78, 5) is 2.51. The lowest BCUT2D eigenvalue weighted by molar-refractivity contribution is 0.627. The van der Waals surface area contributed by atoms with E-state index in [1.54, 1.807) is 0 Å². The summed E-state index contributed by atoms with van der Waals surface area (Å²) in [6.07, 6.45) is 20.3. The minimum absolute atomic E-state index is 0.266. The molecule has 8 rings (SSSR count). The number of benzene rings is 5. The molecule has 41 heavy (non-hydrogen) atoms. The fraction of sp³-hybridized carbons (Fsp3) is 0.100. The van der Waals surface area contributed by atoms with Crippen LogP contribution in [0.3, 0.4) is 0 Å². The maximum absolute atomic E-state index is 2.51. The number of hydrogen-bond acceptors (Lipinski definition) is 1. The van der Waals surface area contributed by atoms with Crippen LogP contribution >= 0.6 is 0 Å². The van der Waals surface area contributed by atoms with Crippen molar-refractivity contribution in [2.75, 3.05) is 11.4 Å². The Hall–Kier alpha value is -4.88. The van der Waals surface area contributed by atoms with Crippen molar-refractivity contribution in [2.24, 2.45) is 0 Å². The van der Waals surface area contributed by atoms with Crippen LogP contribution in [0.1, 0.15) is 24.0 Å². The Morgan fingerprint density at radius 1 is 0.561 bits per heavy atom. The highest BCUT2D eigenvalue weighted by Gasteiger charge is 2.46. The van der Waals surface area contributed by atoms with E-state index in [-0.39, 0.29) is 5.41 Å². The zero-order valence-corrected chi connectivity index (χ0v) is 23.0. The van der Waals surface area contributed by atoms with Gasteiger partial charge in [0.25, 0.3) is 0 Å². The molecule has 1 nitrogen and oxygen atoms in total. The molecule has 1 heterocycles. The van der Waals surface area contributed by atoms with Crippen LogP contribution in [0.4, 0.5) is 5.69 Å². The molecule has 1 aliphatic heterocycles. The van der Waals surface area contributed by atoms with Gasteiger partial charge in [0.2, 0.25) is 0 Å². The lowest BCUT2D eigenvalue weighted by Gasteiger charge is -2.39. The zero-order valence-electron chi connectivity index (χ0n) is 23.0. The molecule has 0 atom stereocenters. The summed E-state index contributed by atoms with van der Waals surface area (Å²) in [6.45, 7) is 0.791. The largest absolute Gasteiger partial charge is 0.337 e. The van der Waals surface area contributed by atoms with Gasteiger partial charge in [-0.15, -0.1) is 0 Å². The number of rotatable bonds is 1. The number of anilines is 1. The molecular weight excluding hydrogens is 494 g/mol. The summed E-state index contributed by atoms with van der Waals surface area (Å²) in [5.74, 6) is 0. The highest BCUT2D eigenvalue weighted by Crippen LogP contribution is 2.57. The normalized spacial score (nSPS) is 18.7. The van der Waals surface area contributed by atoms with E-state index in [4.69, 9.17) is 0 Å². The molecule has 1 spiro atoms. The molecule has 0 aromatic heterocycles. The molecule has 1 heteroatoms. The van der Waals surface area contributed by atoms with E-state index < -0.39 is 0 Å². The van der Waals surface area contributed by atoms with Gasteiger partial charge in [-0.1, -0.05) is 121 Å². The molecule has 0 radical (unpaired) electrons. The van der Waals surface area contributed by atoms with E-state index in [9.17, 15) is 0 Å². The minimum Gasteiger partial charge on any atom is -0.337 e. The Bertz CT molecular complexity index is 1930. The van der Waals surface area contributed by atoms with E-state index in [0.717, 1.165) is 19.4 Å². The summed E-state index contributed by atoms with van der Waals surface area (Å²) in [6, 6.07) is 38.3. The van der Waals surface area contributed by atoms with E-state index in [0.29, 0.717) is 0 Å². The van der Waals surface area contributed by atoms with Crippen LogP contribution in [-0.2, 0) is 5.41 Å². The third-order valence-corrected chi connectivity index (χ3v) is 9.03. The van der Waals surface area contributed by atoms with Crippen molar-refractivity contribution in [1.29, 1.82) is 0 Å². The molecule has 0 fully saturated rings. The van der Waals surface area contributed by atoms with E-state index in [1.165, 1.54) is 60.8 Å².